The van der Waals surface area contributed by atoms with Gasteiger partial charge >= 0.3 is 0 Å². The number of benzene rings is 1. The van der Waals surface area contributed by atoms with Gasteiger partial charge in [0.2, 0.25) is 5.91 Å². The van der Waals surface area contributed by atoms with E-state index in [1.54, 1.807) is 24.3 Å². The molecular weight excluding hydrogens is 245 g/mol. The van der Waals surface area contributed by atoms with Crippen molar-refractivity contribution in [2.45, 2.75) is 13.5 Å². The third kappa shape index (κ3) is 4.10. The Morgan fingerprint density at radius 3 is 2.63 bits per heavy atom. The molecule has 4 heteroatoms. The molecule has 3 nitrogen and oxygen atoms in total. The van der Waals surface area contributed by atoms with E-state index in [0.29, 0.717) is 12.3 Å². The second kappa shape index (κ2) is 6.00. The Morgan fingerprint density at radius 2 is 2.00 bits per heavy atom. The number of carbonyl (C=O) groups excluding carboxylic acids is 1. The van der Waals surface area contributed by atoms with E-state index in [2.05, 4.69) is 5.32 Å². The molecule has 1 amide bonds. The highest BCUT2D eigenvalue weighted by atomic mass is 19.1. The van der Waals surface area contributed by atoms with Crippen molar-refractivity contribution in [3.05, 3.63) is 65.4 Å². The Hall–Kier alpha value is -2.36. The van der Waals surface area contributed by atoms with E-state index in [-0.39, 0.29) is 11.7 Å². The van der Waals surface area contributed by atoms with Crippen molar-refractivity contribution in [2.75, 3.05) is 0 Å². The normalized spacial score (nSPS) is 10.8. The summed E-state index contributed by atoms with van der Waals surface area (Å²) in [4.78, 5) is 11.5. The van der Waals surface area contributed by atoms with Gasteiger partial charge in [-0.05, 0) is 42.8 Å². The third-order valence-corrected chi connectivity index (χ3v) is 2.54. The van der Waals surface area contributed by atoms with Crippen LogP contribution in [-0.4, -0.2) is 5.91 Å². The van der Waals surface area contributed by atoms with Gasteiger partial charge in [-0.1, -0.05) is 12.1 Å². The maximum absolute atomic E-state index is 12.7. The summed E-state index contributed by atoms with van der Waals surface area (Å²) in [5.41, 5.74) is 0.844. The van der Waals surface area contributed by atoms with Gasteiger partial charge in [-0.25, -0.2) is 4.39 Å². The maximum atomic E-state index is 12.7. The Morgan fingerprint density at radius 1 is 1.26 bits per heavy atom. The summed E-state index contributed by atoms with van der Waals surface area (Å²) < 4.78 is 18.0. The van der Waals surface area contributed by atoms with E-state index < -0.39 is 0 Å². The Bertz CT molecular complexity index is 584. The van der Waals surface area contributed by atoms with Crippen LogP contribution in [0.1, 0.15) is 17.1 Å². The summed E-state index contributed by atoms with van der Waals surface area (Å²) in [6.45, 7) is 2.20. The summed E-state index contributed by atoms with van der Waals surface area (Å²) >= 11 is 0. The molecule has 1 N–H and O–H groups in total. The molecule has 0 aliphatic carbocycles. The number of halogens is 1. The van der Waals surface area contributed by atoms with Crippen LogP contribution >= 0.6 is 0 Å². The van der Waals surface area contributed by atoms with Crippen LogP contribution in [0.4, 0.5) is 4.39 Å². The quantitative estimate of drug-likeness (QED) is 0.857. The number of hydrogen-bond donors (Lipinski definition) is 1. The maximum Gasteiger partial charge on any atom is 0.244 e. The molecule has 0 atom stereocenters. The number of amides is 1. The molecule has 0 fully saturated rings. The number of rotatable bonds is 4. The molecule has 0 saturated carbocycles. The highest BCUT2D eigenvalue weighted by Gasteiger charge is 1.98. The second-order valence-electron chi connectivity index (χ2n) is 4.13. The van der Waals surface area contributed by atoms with Crippen molar-refractivity contribution in [1.29, 1.82) is 0 Å². The van der Waals surface area contributed by atoms with Crippen LogP contribution in [0.3, 0.4) is 0 Å². The second-order valence-corrected chi connectivity index (χ2v) is 4.13. The van der Waals surface area contributed by atoms with Crippen molar-refractivity contribution in [2.24, 2.45) is 0 Å². The number of aryl methyl sites for hydroxylation is 1. The summed E-state index contributed by atoms with van der Waals surface area (Å²) in [5.74, 6) is 0.919. The number of nitrogens with one attached hydrogen (secondary N) is 1. The summed E-state index contributed by atoms with van der Waals surface area (Å²) in [7, 11) is 0. The predicted molar refractivity (Wildman–Crippen MR) is 70.7 cm³/mol. The first kappa shape index (κ1) is 13.1. The molecule has 1 aromatic carbocycles. The van der Waals surface area contributed by atoms with Gasteiger partial charge in [-0.15, -0.1) is 0 Å². The molecule has 0 unspecified atom stereocenters. The van der Waals surface area contributed by atoms with Gasteiger partial charge in [0.15, 0.2) is 0 Å². The van der Waals surface area contributed by atoms with E-state index in [4.69, 9.17) is 4.42 Å². The minimum absolute atomic E-state index is 0.224. The largest absolute Gasteiger partial charge is 0.462 e. The molecule has 0 saturated heterocycles. The average Bonchev–Trinajstić information content (AvgIpc) is 2.81. The lowest BCUT2D eigenvalue weighted by molar-refractivity contribution is -0.116. The zero-order valence-corrected chi connectivity index (χ0v) is 10.5. The van der Waals surface area contributed by atoms with Crippen molar-refractivity contribution in [3.8, 4) is 0 Å². The third-order valence-electron chi connectivity index (χ3n) is 2.54. The van der Waals surface area contributed by atoms with Crippen molar-refractivity contribution in [1.82, 2.24) is 5.32 Å². The fourth-order valence-corrected chi connectivity index (χ4v) is 1.55. The summed E-state index contributed by atoms with van der Waals surface area (Å²) in [6, 6.07) is 9.62. The first-order chi connectivity index (χ1) is 9.13. The van der Waals surface area contributed by atoms with Crippen molar-refractivity contribution in [3.63, 3.8) is 0 Å². The van der Waals surface area contributed by atoms with Crippen LogP contribution in [0.15, 0.2) is 46.9 Å². The number of carbonyl (C=O) groups is 1. The smallest absolute Gasteiger partial charge is 0.244 e. The zero-order valence-electron chi connectivity index (χ0n) is 10.5. The molecule has 1 heterocycles. The van der Waals surface area contributed by atoms with Gasteiger partial charge in [0.05, 0.1) is 0 Å². The van der Waals surface area contributed by atoms with Crippen LogP contribution in [0.25, 0.3) is 6.08 Å². The standard InChI is InChI=1S/C15H14FNO2/c1-11-2-7-14(19-11)8-9-15(18)17-10-12-3-5-13(16)6-4-12/h2-9H,10H2,1H3,(H,17,18). The monoisotopic (exact) mass is 259 g/mol. The topological polar surface area (TPSA) is 42.2 Å². The van der Waals surface area contributed by atoms with E-state index in [9.17, 15) is 9.18 Å². The highest BCUT2D eigenvalue weighted by molar-refractivity contribution is 5.91. The van der Waals surface area contributed by atoms with Gasteiger partial charge < -0.3 is 9.73 Å². The van der Waals surface area contributed by atoms with E-state index in [1.807, 2.05) is 13.0 Å². The molecule has 2 rings (SSSR count). The van der Waals surface area contributed by atoms with Crippen LogP contribution in [0, 0.1) is 12.7 Å². The molecule has 2 aromatic rings. The average molecular weight is 259 g/mol. The Labute approximate surface area is 110 Å². The molecular formula is C15H14FNO2. The first-order valence-electron chi connectivity index (χ1n) is 5.90. The first-order valence-corrected chi connectivity index (χ1v) is 5.90. The zero-order chi connectivity index (χ0) is 13.7. The Kier molecular flexibility index (Phi) is 4.13. The number of furan rings is 1. The highest BCUT2D eigenvalue weighted by Crippen LogP contribution is 2.07. The van der Waals surface area contributed by atoms with Gasteiger partial charge in [0.1, 0.15) is 17.3 Å². The molecule has 0 aliphatic rings. The lowest BCUT2D eigenvalue weighted by atomic mass is 10.2. The predicted octanol–water partition coefficient (Wildman–Crippen LogP) is 3.06. The molecule has 0 radical (unpaired) electrons. The molecule has 0 aliphatic heterocycles. The van der Waals surface area contributed by atoms with Gasteiger partial charge in [-0.2, -0.15) is 0 Å². The van der Waals surface area contributed by atoms with Gasteiger partial charge in [-0.3, -0.25) is 4.79 Å². The summed E-state index contributed by atoms with van der Waals surface area (Å²) in [5, 5.41) is 2.71. The Balaban J connectivity index is 1.84. The van der Waals surface area contributed by atoms with E-state index in [0.717, 1.165) is 11.3 Å². The van der Waals surface area contributed by atoms with Crippen LogP contribution in [0.5, 0.6) is 0 Å². The number of hydrogen-bond acceptors (Lipinski definition) is 2. The fraction of sp³-hybridized carbons (Fsp3) is 0.133. The van der Waals surface area contributed by atoms with Gasteiger partial charge in [0, 0.05) is 12.6 Å². The lowest BCUT2D eigenvalue weighted by Crippen LogP contribution is -2.20. The van der Waals surface area contributed by atoms with Crippen LogP contribution < -0.4 is 5.32 Å². The minimum atomic E-state index is -0.289. The van der Waals surface area contributed by atoms with E-state index >= 15 is 0 Å². The van der Waals surface area contributed by atoms with Crippen molar-refractivity contribution < 1.29 is 13.6 Å². The van der Waals surface area contributed by atoms with Crippen molar-refractivity contribution >= 4 is 12.0 Å². The molecule has 98 valence electrons. The fourth-order valence-electron chi connectivity index (χ4n) is 1.55. The molecule has 19 heavy (non-hydrogen) atoms. The van der Waals surface area contributed by atoms with Crippen LogP contribution in [-0.2, 0) is 11.3 Å². The SMILES string of the molecule is Cc1ccc(C=CC(=O)NCc2ccc(F)cc2)o1. The molecule has 1 aromatic heterocycles. The molecule has 0 bridgehead atoms. The van der Waals surface area contributed by atoms with Crippen LogP contribution in [0.2, 0.25) is 0 Å². The summed E-state index contributed by atoms with van der Waals surface area (Å²) in [6.07, 6.45) is 3.01. The molecule has 0 spiro atoms. The van der Waals surface area contributed by atoms with E-state index in [1.165, 1.54) is 18.2 Å². The van der Waals surface area contributed by atoms with Gasteiger partial charge in [0.25, 0.3) is 0 Å². The minimum Gasteiger partial charge on any atom is -0.462 e. The lowest BCUT2D eigenvalue weighted by Gasteiger charge is -2.01.